The third-order valence-corrected chi connectivity index (χ3v) is 4.37. The summed E-state index contributed by atoms with van der Waals surface area (Å²) >= 11 is 0. The van der Waals surface area contributed by atoms with Gasteiger partial charge in [-0.25, -0.2) is 0 Å². The van der Waals surface area contributed by atoms with Crippen molar-refractivity contribution >= 4 is 5.97 Å². The Balaban J connectivity index is 2.22. The number of ether oxygens (including phenoxy) is 2. The molecule has 2 aliphatic carbocycles. The van der Waals surface area contributed by atoms with E-state index in [0.29, 0.717) is 12.8 Å². The second kappa shape index (κ2) is 4.34. The van der Waals surface area contributed by atoms with E-state index >= 15 is 0 Å². The van der Waals surface area contributed by atoms with Crippen LogP contribution in [-0.4, -0.2) is 31.1 Å². The molecule has 2 unspecified atom stereocenters. The first-order valence-corrected chi connectivity index (χ1v) is 5.97. The monoisotopic (exact) mass is 228 g/mol. The quantitative estimate of drug-likeness (QED) is 0.749. The molecule has 0 saturated heterocycles. The SMILES string of the molecule is COC1(OC)C2CCCC1CC(C(=O)O)C2. The largest absolute Gasteiger partial charge is 0.481 e. The molecule has 2 rings (SSSR count). The molecule has 0 aromatic rings. The Morgan fingerprint density at radius 3 is 2.06 bits per heavy atom. The lowest BCUT2D eigenvalue weighted by atomic mass is 9.63. The maximum atomic E-state index is 11.1. The van der Waals surface area contributed by atoms with Gasteiger partial charge in [-0.15, -0.1) is 0 Å². The molecular weight excluding hydrogens is 208 g/mol. The summed E-state index contributed by atoms with van der Waals surface area (Å²) in [7, 11) is 3.35. The molecule has 0 amide bonds. The molecule has 2 fully saturated rings. The Labute approximate surface area is 95.9 Å². The fourth-order valence-electron chi connectivity index (χ4n) is 3.65. The molecule has 0 aromatic carbocycles. The minimum Gasteiger partial charge on any atom is -0.481 e. The van der Waals surface area contributed by atoms with Gasteiger partial charge in [-0.1, -0.05) is 6.42 Å². The van der Waals surface area contributed by atoms with E-state index in [2.05, 4.69) is 0 Å². The highest BCUT2D eigenvalue weighted by Crippen LogP contribution is 2.51. The van der Waals surface area contributed by atoms with Gasteiger partial charge in [0.2, 0.25) is 0 Å². The molecule has 2 atom stereocenters. The molecule has 2 aliphatic rings. The van der Waals surface area contributed by atoms with Gasteiger partial charge in [0.15, 0.2) is 5.79 Å². The van der Waals surface area contributed by atoms with Gasteiger partial charge >= 0.3 is 5.97 Å². The van der Waals surface area contributed by atoms with Gasteiger partial charge in [-0.05, 0) is 25.7 Å². The maximum Gasteiger partial charge on any atom is 0.306 e. The number of carboxylic acids is 1. The smallest absolute Gasteiger partial charge is 0.306 e. The van der Waals surface area contributed by atoms with Crippen molar-refractivity contribution in [3.8, 4) is 0 Å². The lowest BCUT2D eigenvalue weighted by Crippen LogP contribution is -2.55. The number of rotatable bonds is 3. The average Bonchev–Trinajstić information content (AvgIpc) is 2.26. The van der Waals surface area contributed by atoms with E-state index < -0.39 is 11.8 Å². The van der Waals surface area contributed by atoms with Crippen LogP contribution in [0.1, 0.15) is 32.1 Å². The van der Waals surface area contributed by atoms with Crippen LogP contribution in [0.5, 0.6) is 0 Å². The van der Waals surface area contributed by atoms with Crippen LogP contribution in [0, 0.1) is 17.8 Å². The van der Waals surface area contributed by atoms with Gasteiger partial charge in [0.05, 0.1) is 5.92 Å². The molecule has 0 aliphatic heterocycles. The first-order valence-electron chi connectivity index (χ1n) is 5.97. The molecule has 0 radical (unpaired) electrons. The molecule has 1 N–H and O–H groups in total. The standard InChI is InChI=1S/C12H20O4/c1-15-12(16-2)9-4-3-5-10(12)7-8(6-9)11(13)14/h8-10H,3-7H2,1-2H3,(H,13,14). The Morgan fingerprint density at radius 2 is 1.69 bits per heavy atom. The summed E-state index contributed by atoms with van der Waals surface area (Å²) in [5.74, 6) is -0.942. The number of hydrogen-bond donors (Lipinski definition) is 1. The zero-order valence-electron chi connectivity index (χ0n) is 9.94. The highest BCUT2D eigenvalue weighted by molar-refractivity contribution is 5.70. The fourth-order valence-corrected chi connectivity index (χ4v) is 3.65. The topological polar surface area (TPSA) is 55.8 Å². The minimum absolute atomic E-state index is 0.214. The van der Waals surface area contributed by atoms with Crippen LogP contribution in [-0.2, 0) is 14.3 Å². The van der Waals surface area contributed by atoms with E-state index in [-0.39, 0.29) is 17.8 Å². The lowest BCUT2D eigenvalue weighted by Gasteiger charge is -2.52. The van der Waals surface area contributed by atoms with Crippen LogP contribution in [0.2, 0.25) is 0 Å². The Hall–Kier alpha value is -0.610. The normalized spacial score (nSPS) is 37.0. The number of carboxylic acid groups (broad SMARTS) is 1. The summed E-state index contributed by atoms with van der Waals surface area (Å²) in [5.41, 5.74) is 0. The molecule has 92 valence electrons. The molecular formula is C12H20O4. The molecule has 2 saturated carbocycles. The van der Waals surface area contributed by atoms with Gasteiger partial charge in [0, 0.05) is 26.1 Å². The third kappa shape index (κ3) is 1.64. The van der Waals surface area contributed by atoms with Gasteiger partial charge in [0.1, 0.15) is 0 Å². The summed E-state index contributed by atoms with van der Waals surface area (Å²) < 4.78 is 11.2. The van der Waals surface area contributed by atoms with Crippen LogP contribution in [0.4, 0.5) is 0 Å². The zero-order valence-corrected chi connectivity index (χ0v) is 9.94. The molecule has 2 bridgehead atoms. The first-order chi connectivity index (χ1) is 7.64. The van der Waals surface area contributed by atoms with Gasteiger partial charge in [-0.3, -0.25) is 4.79 Å². The number of fused-ring (bicyclic) bond motifs is 2. The molecule has 0 spiro atoms. The number of hydrogen-bond acceptors (Lipinski definition) is 3. The van der Waals surface area contributed by atoms with Gasteiger partial charge < -0.3 is 14.6 Å². The zero-order chi connectivity index (χ0) is 11.8. The van der Waals surface area contributed by atoms with Crippen molar-refractivity contribution in [2.24, 2.45) is 17.8 Å². The second-order valence-electron chi connectivity index (χ2n) is 4.96. The van der Waals surface area contributed by atoms with E-state index in [1.165, 1.54) is 0 Å². The maximum absolute atomic E-state index is 11.1. The highest BCUT2D eigenvalue weighted by Gasteiger charge is 2.54. The van der Waals surface area contributed by atoms with E-state index in [0.717, 1.165) is 19.3 Å². The van der Waals surface area contributed by atoms with Crippen molar-refractivity contribution in [2.45, 2.75) is 37.9 Å². The Bertz CT molecular complexity index is 256. The Morgan fingerprint density at radius 1 is 1.19 bits per heavy atom. The number of aliphatic carboxylic acids is 1. The number of carbonyl (C=O) groups is 1. The highest BCUT2D eigenvalue weighted by atomic mass is 16.7. The summed E-state index contributed by atoms with van der Waals surface area (Å²) in [4.78, 5) is 11.1. The minimum atomic E-state index is -0.669. The van der Waals surface area contributed by atoms with E-state index in [4.69, 9.17) is 14.6 Å². The molecule has 0 aromatic heterocycles. The average molecular weight is 228 g/mol. The fraction of sp³-hybridized carbons (Fsp3) is 0.917. The van der Waals surface area contributed by atoms with Crippen LogP contribution in [0.15, 0.2) is 0 Å². The molecule has 4 nitrogen and oxygen atoms in total. The predicted molar refractivity (Wildman–Crippen MR) is 57.9 cm³/mol. The van der Waals surface area contributed by atoms with Crippen molar-refractivity contribution in [2.75, 3.05) is 14.2 Å². The summed E-state index contributed by atoms with van der Waals surface area (Å²) in [6, 6.07) is 0. The summed E-state index contributed by atoms with van der Waals surface area (Å²) in [6.07, 6.45) is 4.57. The van der Waals surface area contributed by atoms with Gasteiger partial charge in [0.25, 0.3) is 0 Å². The van der Waals surface area contributed by atoms with Crippen molar-refractivity contribution < 1.29 is 19.4 Å². The van der Waals surface area contributed by atoms with Crippen molar-refractivity contribution in [3.05, 3.63) is 0 Å². The summed E-state index contributed by atoms with van der Waals surface area (Å²) in [6.45, 7) is 0. The van der Waals surface area contributed by atoms with Crippen LogP contribution < -0.4 is 0 Å². The molecule has 16 heavy (non-hydrogen) atoms. The van der Waals surface area contributed by atoms with Crippen LogP contribution in [0.25, 0.3) is 0 Å². The van der Waals surface area contributed by atoms with E-state index in [1.807, 2.05) is 0 Å². The second-order valence-corrected chi connectivity index (χ2v) is 4.96. The van der Waals surface area contributed by atoms with E-state index in [1.54, 1.807) is 14.2 Å². The first kappa shape index (κ1) is 11.9. The van der Waals surface area contributed by atoms with Crippen molar-refractivity contribution in [1.29, 1.82) is 0 Å². The van der Waals surface area contributed by atoms with Gasteiger partial charge in [-0.2, -0.15) is 0 Å². The molecule has 4 heteroatoms. The van der Waals surface area contributed by atoms with E-state index in [9.17, 15) is 4.79 Å². The predicted octanol–water partition coefficient (Wildman–Crippen LogP) is 1.89. The Kier molecular flexibility index (Phi) is 3.22. The molecule has 0 heterocycles. The van der Waals surface area contributed by atoms with Crippen molar-refractivity contribution in [3.63, 3.8) is 0 Å². The third-order valence-electron chi connectivity index (χ3n) is 4.37. The number of methoxy groups -OCH3 is 2. The van der Waals surface area contributed by atoms with Crippen LogP contribution in [0.3, 0.4) is 0 Å². The van der Waals surface area contributed by atoms with Crippen molar-refractivity contribution in [1.82, 2.24) is 0 Å². The summed E-state index contributed by atoms with van der Waals surface area (Å²) in [5, 5.41) is 9.13. The lowest BCUT2D eigenvalue weighted by molar-refractivity contribution is -0.300. The van der Waals surface area contributed by atoms with Crippen LogP contribution >= 0.6 is 0 Å².